The van der Waals surface area contributed by atoms with E-state index in [9.17, 15) is 20.2 Å². The van der Waals surface area contributed by atoms with Crippen LogP contribution in [0.15, 0.2) is 75.7 Å². The van der Waals surface area contributed by atoms with E-state index in [1.807, 2.05) is 36.4 Å². The SMILES string of the molecule is Cc1ccc(-c2ccc(C3NC(=O)C(C#N)=C(S)N3c3ccccc3)o2)c([N+](=O)[O-])c1. The Hall–Kier alpha value is -4.03. The van der Waals surface area contributed by atoms with Gasteiger partial charge in [0.25, 0.3) is 11.6 Å². The number of rotatable bonds is 4. The molecule has 9 heteroatoms. The number of amides is 1. The first-order valence-corrected chi connectivity index (χ1v) is 9.69. The number of nitrogens with zero attached hydrogens (tertiary/aromatic N) is 3. The highest BCUT2D eigenvalue weighted by Gasteiger charge is 2.36. The van der Waals surface area contributed by atoms with Crippen LogP contribution in [0.1, 0.15) is 17.5 Å². The van der Waals surface area contributed by atoms with Crippen molar-refractivity contribution in [3.05, 3.63) is 92.7 Å². The van der Waals surface area contributed by atoms with Crippen molar-refractivity contribution in [3.63, 3.8) is 0 Å². The molecule has 3 aromatic rings. The van der Waals surface area contributed by atoms with Crippen LogP contribution in [0.2, 0.25) is 0 Å². The molecule has 1 aliphatic heterocycles. The van der Waals surface area contributed by atoms with Crippen LogP contribution in [0.3, 0.4) is 0 Å². The Labute approximate surface area is 183 Å². The monoisotopic (exact) mass is 432 g/mol. The number of para-hydroxylation sites is 1. The Bertz CT molecular complexity index is 1260. The third-order valence-corrected chi connectivity index (χ3v) is 5.30. The molecule has 2 heterocycles. The van der Waals surface area contributed by atoms with Gasteiger partial charge in [-0.3, -0.25) is 14.9 Å². The lowest BCUT2D eigenvalue weighted by molar-refractivity contribution is -0.384. The van der Waals surface area contributed by atoms with Crippen molar-refractivity contribution in [2.24, 2.45) is 0 Å². The lowest BCUT2D eigenvalue weighted by atomic mass is 10.1. The first-order chi connectivity index (χ1) is 14.9. The minimum absolute atomic E-state index is 0.0740. The van der Waals surface area contributed by atoms with Crippen LogP contribution in [0, 0.1) is 28.4 Å². The summed E-state index contributed by atoms with van der Waals surface area (Å²) in [5.74, 6) is 0.0503. The van der Waals surface area contributed by atoms with Gasteiger partial charge < -0.3 is 14.6 Å². The topological polar surface area (TPSA) is 112 Å². The van der Waals surface area contributed by atoms with E-state index in [2.05, 4.69) is 17.9 Å². The van der Waals surface area contributed by atoms with Crippen molar-refractivity contribution in [1.29, 1.82) is 5.26 Å². The molecule has 0 radical (unpaired) electrons. The first-order valence-electron chi connectivity index (χ1n) is 9.24. The predicted molar refractivity (Wildman–Crippen MR) is 117 cm³/mol. The van der Waals surface area contributed by atoms with Crippen molar-refractivity contribution in [2.75, 3.05) is 4.90 Å². The summed E-state index contributed by atoms with van der Waals surface area (Å²) in [6, 6.07) is 19.1. The fourth-order valence-corrected chi connectivity index (χ4v) is 3.79. The molecule has 1 aliphatic rings. The van der Waals surface area contributed by atoms with E-state index in [4.69, 9.17) is 4.42 Å². The molecule has 2 aromatic carbocycles. The zero-order valence-electron chi connectivity index (χ0n) is 16.3. The van der Waals surface area contributed by atoms with Gasteiger partial charge in [-0.1, -0.05) is 24.3 Å². The summed E-state index contributed by atoms with van der Waals surface area (Å²) in [7, 11) is 0. The maximum atomic E-state index is 12.5. The number of thiol groups is 1. The molecule has 4 rings (SSSR count). The van der Waals surface area contributed by atoms with E-state index in [0.29, 0.717) is 22.8 Å². The number of nitriles is 1. The summed E-state index contributed by atoms with van der Waals surface area (Å²) in [4.78, 5) is 25.2. The second-order valence-corrected chi connectivity index (χ2v) is 7.30. The summed E-state index contributed by atoms with van der Waals surface area (Å²) in [5, 5.41) is 23.8. The quantitative estimate of drug-likeness (QED) is 0.357. The number of aryl methyl sites for hydroxylation is 1. The Morgan fingerprint density at radius 2 is 1.94 bits per heavy atom. The van der Waals surface area contributed by atoms with Crippen molar-refractivity contribution in [3.8, 4) is 17.4 Å². The maximum absolute atomic E-state index is 12.5. The standard InChI is InChI=1S/C22H16N4O4S/c1-13-7-8-15(17(11-13)26(28)29)18-9-10-19(30-18)20-24-21(27)16(12-23)22(31)25(20)14-5-3-2-4-6-14/h2-11,20,31H,1H3,(H,24,27). The highest BCUT2D eigenvalue weighted by Crippen LogP contribution is 2.38. The maximum Gasteiger partial charge on any atom is 0.280 e. The van der Waals surface area contributed by atoms with Crippen LogP contribution in [0.5, 0.6) is 0 Å². The number of benzene rings is 2. The molecular formula is C22H16N4O4S. The summed E-state index contributed by atoms with van der Waals surface area (Å²) in [5.41, 5.74) is 1.57. The molecule has 8 nitrogen and oxygen atoms in total. The minimum Gasteiger partial charge on any atom is -0.457 e. The van der Waals surface area contributed by atoms with Gasteiger partial charge in [0.05, 0.1) is 15.5 Å². The highest BCUT2D eigenvalue weighted by molar-refractivity contribution is 7.84. The van der Waals surface area contributed by atoms with Gasteiger partial charge in [-0.2, -0.15) is 5.26 Å². The van der Waals surface area contributed by atoms with Crippen molar-refractivity contribution in [2.45, 2.75) is 13.1 Å². The van der Waals surface area contributed by atoms with Gasteiger partial charge in [0, 0.05) is 11.8 Å². The molecule has 1 atom stereocenters. The molecule has 1 N–H and O–H groups in total. The van der Waals surface area contributed by atoms with Gasteiger partial charge in [0.15, 0.2) is 6.17 Å². The molecule has 0 bridgehead atoms. The van der Waals surface area contributed by atoms with Crippen LogP contribution in [-0.2, 0) is 4.79 Å². The largest absolute Gasteiger partial charge is 0.457 e. The molecule has 0 saturated carbocycles. The third-order valence-electron chi connectivity index (χ3n) is 4.86. The van der Waals surface area contributed by atoms with E-state index in [-0.39, 0.29) is 16.3 Å². The van der Waals surface area contributed by atoms with E-state index in [0.717, 1.165) is 5.56 Å². The van der Waals surface area contributed by atoms with Crippen LogP contribution in [-0.4, -0.2) is 10.8 Å². The van der Waals surface area contributed by atoms with Gasteiger partial charge >= 0.3 is 0 Å². The van der Waals surface area contributed by atoms with Crippen LogP contribution < -0.4 is 10.2 Å². The molecule has 1 unspecified atom stereocenters. The lowest BCUT2D eigenvalue weighted by Gasteiger charge is -2.36. The average molecular weight is 432 g/mol. The Morgan fingerprint density at radius 3 is 2.61 bits per heavy atom. The number of nitrogens with one attached hydrogen (secondary N) is 1. The molecule has 0 aliphatic carbocycles. The van der Waals surface area contributed by atoms with Gasteiger partial charge in [-0.15, -0.1) is 12.6 Å². The Kier molecular flexibility index (Phi) is 5.23. The fraction of sp³-hybridized carbons (Fsp3) is 0.0909. The molecule has 0 spiro atoms. The van der Waals surface area contributed by atoms with Gasteiger partial charge in [0.1, 0.15) is 23.2 Å². The van der Waals surface area contributed by atoms with Gasteiger partial charge in [0.2, 0.25) is 0 Å². The second-order valence-electron chi connectivity index (χ2n) is 6.87. The zero-order chi connectivity index (χ0) is 22.1. The summed E-state index contributed by atoms with van der Waals surface area (Å²) < 4.78 is 5.96. The van der Waals surface area contributed by atoms with E-state index >= 15 is 0 Å². The molecule has 1 amide bonds. The number of hydrogen-bond donors (Lipinski definition) is 2. The van der Waals surface area contributed by atoms with Crippen molar-refractivity contribution in [1.82, 2.24) is 5.32 Å². The number of carbonyl (C=O) groups excluding carboxylic acids is 1. The smallest absolute Gasteiger partial charge is 0.280 e. The van der Waals surface area contributed by atoms with Crippen molar-refractivity contribution < 1.29 is 14.1 Å². The lowest BCUT2D eigenvalue weighted by Crippen LogP contribution is -2.45. The average Bonchev–Trinajstić information content (AvgIpc) is 3.24. The number of nitro benzene ring substituents is 1. The van der Waals surface area contributed by atoms with Crippen LogP contribution >= 0.6 is 12.6 Å². The Balaban J connectivity index is 1.81. The number of anilines is 1. The van der Waals surface area contributed by atoms with Crippen LogP contribution in [0.25, 0.3) is 11.3 Å². The van der Waals surface area contributed by atoms with Crippen LogP contribution in [0.4, 0.5) is 11.4 Å². The molecule has 0 fully saturated rings. The molecule has 0 saturated heterocycles. The predicted octanol–water partition coefficient (Wildman–Crippen LogP) is 4.46. The van der Waals surface area contributed by atoms with E-state index < -0.39 is 17.0 Å². The van der Waals surface area contributed by atoms with Gasteiger partial charge in [-0.25, -0.2) is 0 Å². The Morgan fingerprint density at radius 1 is 1.19 bits per heavy atom. The van der Waals surface area contributed by atoms with E-state index in [1.165, 1.54) is 6.07 Å². The number of carbonyl (C=O) groups is 1. The number of hydrogen-bond acceptors (Lipinski definition) is 7. The zero-order valence-corrected chi connectivity index (χ0v) is 17.2. The summed E-state index contributed by atoms with van der Waals surface area (Å²) in [6.07, 6.45) is -0.794. The van der Waals surface area contributed by atoms with E-state index in [1.54, 1.807) is 36.1 Å². The number of furan rings is 1. The van der Waals surface area contributed by atoms with Gasteiger partial charge in [-0.05, 0) is 42.8 Å². The highest BCUT2D eigenvalue weighted by atomic mass is 32.1. The molecule has 154 valence electrons. The minimum atomic E-state index is -0.794. The molecule has 31 heavy (non-hydrogen) atoms. The fourth-order valence-electron chi connectivity index (χ4n) is 3.41. The normalized spacial score (nSPS) is 16.1. The van der Waals surface area contributed by atoms with Crippen molar-refractivity contribution >= 4 is 29.9 Å². The summed E-state index contributed by atoms with van der Waals surface area (Å²) >= 11 is 4.43. The summed E-state index contributed by atoms with van der Waals surface area (Å²) in [6.45, 7) is 1.77. The first kappa shape index (κ1) is 20.3. The number of nitro groups is 1. The second kappa shape index (κ2) is 8.01. The molecule has 1 aromatic heterocycles. The molecular weight excluding hydrogens is 416 g/mol. The third kappa shape index (κ3) is 3.65.